The molecule has 0 amide bonds. The summed E-state index contributed by atoms with van der Waals surface area (Å²) in [4.78, 5) is 11.4. The van der Waals surface area contributed by atoms with Gasteiger partial charge in [-0.05, 0) is 13.0 Å². The molecule has 0 bridgehead atoms. The Morgan fingerprint density at radius 1 is 1.53 bits per heavy atom. The predicted molar refractivity (Wildman–Crippen MR) is 48.0 cm³/mol. The molecule has 83 valence electrons. The van der Waals surface area contributed by atoms with Gasteiger partial charge in [0.15, 0.2) is 5.78 Å². The van der Waals surface area contributed by atoms with Crippen LogP contribution in [0.4, 0.5) is 13.2 Å². The molecule has 0 fully saturated rings. The number of allylic oxidation sites excluding steroid dienone is 3. The Kier molecular flexibility index (Phi) is 3.34. The zero-order valence-electron chi connectivity index (χ0n) is 8.10. The Hall–Kier alpha value is -1.10. The number of methoxy groups -OCH3 is 1. The molecule has 1 aliphatic carbocycles. The molecule has 0 aliphatic heterocycles. The first-order valence-electron chi connectivity index (χ1n) is 4.22. The lowest BCUT2D eigenvalue weighted by Gasteiger charge is -2.20. The summed E-state index contributed by atoms with van der Waals surface area (Å²) in [5, 5.41) is 0. The monoisotopic (exact) mass is 219 g/mol. The summed E-state index contributed by atoms with van der Waals surface area (Å²) in [7, 11) is 1.33. The number of hydrogen-bond acceptors (Lipinski definition) is 2. The summed E-state index contributed by atoms with van der Waals surface area (Å²) < 4.78 is 41.9. The van der Waals surface area contributed by atoms with Crippen LogP contribution in [0.15, 0.2) is 23.3 Å². The van der Waals surface area contributed by atoms with Gasteiger partial charge in [0.05, 0.1) is 18.1 Å². The van der Waals surface area contributed by atoms with Crippen molar-refractivity contribution in [3.8, 4) is 0 Å². The zero-order valence-corrected chi connectivity index (χ0v) is 8.10. The Labute approximate surface area is 85.4 Å². The molecule has 0 aromatic rings. The van der Waals surface area contributed by atoms with Crippen LogP contribution in [0, 0.1) is 12.8 Å². The number of carbonyl (C=O) groups is 1. The minimum atomic E-state index is -4.62. The third-order valence-electron chi connectivity index (χ3n) is 2.00. The molecule has 1 atom stereocenters. The summed E-state index contributed by atoms with van der Waals surface area (Å²) in [5.41, 5.74) is -0.971. The van der Waals surface area contributed by atoms with E-state index in [1.54, 1.807) is 0 Å². The fraction of sp³-hybridized carbons (Fsp3) is 0.400. The van der Waals surface area contributed by atoms with E-state index in [9.17, 15) is 18.0 Å². The van der Waals surface area contributed by atoms with Crippen molar-refractivity contribution < 1.29 is 22.7 Å². The minimum Gasteiger partial charge on any atom is -0.384 e. The van der Waals surface area contributed by atoms with Crippen LogP contribution in [0.25, 0.3) is 0 Å². The summed E-state index contributed by atoms with van der Waals surface area (Å²) in [5.74, 6) is -1.85. The average molecular weight is 219 g/mol. The highest BCUT2D eigenvalue weighted by atomic mass is 19.4. The van der Waals surface area contributed by atoms with Gasteiger partial charge in [-0.25, -0.2) is 0 Å². The lowest BCUT2D eigenvalue weighted by molar-refractivity contribution is -0.132. The standard InChI is InChI=1S/C10H10F3O2/c1-6-3-7(5-15-2)9(14)8(4-6)10(11,12)13/h3-4,7H,1,5H2,2H3. The van der Waals surface area contributed by atoms with Crippen molar-refractivity contribution in [2.45, 2.75) is 6.18 Å². The van der Waals surface area contributed by atoms with Crippen molar-refractivity contribution >= 4 is 5.78 Å². The van der Waals surface area contributed by atoms with Crippen LogP contribution in [0.1, 0.15) is 0 Å². The number of carbonyl (C=O) groups excluding carboxylic acids is 1. The van der Waals surface area contributed by atoms with Crippen molar-refractivity contribution in [3.63, 3.8) is 0 Å². The Bertz CT molecular complexity index is 326. The van der Waals surface area contributed by atoms with Crippen LogP contribution in [-0.2, 0) is 9.53 Å². The number of rotatable bonds is 2. The maximum atomic E-state index is 12.4. The Morgan fingerprint density at radius 3 is 2.60 bits per heavy atom. The molecule has 0 saturated heterocycles. The van der Waals surface area contributed by atoms with Gasteiger partial charge in [-0.3, -0.25) is 4.79 Å². The summed E-state index contributed by atoms with van der Waals surface area (Å²) >= 11 is 0. The maximum Gasteiger partial charge on any atom is 0.419 e. The van der Waals surface area contributed by atoms with Gasteiger partial charge in [0.25, 0.3) is 0 Å². The Morgan fingerprint density at radius 2 is 2.13 bits per heavy atom. The molecule has 1 aliphatic rings. The average Bonchev–Trinajstić information content (AvgIpc) is 2.09. The largest absolute Gasteiger partial charge is 0.419 e. The van der Waals surface area contributed by atoms with Crippen LogP contribution < -0.4 is 0 Å². The normalized spacial score (nSPS) is 22.5. The highest BCUT2D eigenvalue weighted by Crippen LogP contribution is 2.32. The molecule has 0 heterocycles. The SMILES string of the molecule is [CH2]C1=CC(COC)C(=O)C(C(F)(F)F)=C1. The number of ether oxygens (including phenoxy) is 1. The summed E-state index contributed by atoms with van der Waals surface area (Å²) in [6.07, 6.45) is -2.49. The second-order valence-electron chi connectivity index (χ2n) is 3.22. The number of Topliss-reactive ketones (excluding diaryl/α,β-unsaturated/α-hetero) is 1. The highest BCUT2D eigenvalue weighted by molar-refractivity contribution is 6.01. The molecule has 1 radical (unpaired) electrons. The second kappa shape index (κ2) is 4.18. The molecule has 1 unspecified atom stereocenters. The van der Waals surface area contributed by atoms with Gasteiger partial charge in [-0.15, -0.1) is 0 Å². The van der Waals surface area contributed by atoms with E-state index in [1.807, 2.05) is 0 Å². The topological polar surface area (TPSA) is 26.3 Å². The van der Waals surface area contributed by atoms with Gasteiger partial charge in [0.1, 0.15) is 0 Å². The molecule has 0 saturated carbocycles. The van der Waals surface area contributed by atoms with Gasteiger partial charge in [-0.2, -0.15) is 13.2 Å². The first kappa shape index (κ1) is 12.0. The van der Waals surface area contributed by atoms with Crippen molar-refractivity contribution in [1.82, 2.24) is 0 Å². The molecule has 1 rings (SSSR count). The molecule has 0 aromatic carbocycles. The molecular weight excluding hydrogens is 209 g/mol. The Balaban J connectivity index is 3.00. The van der Waals surface area contributed by atoms with Crippen LogP contribution in [0.3, 0.4) is 0 Å². The summed E-state index contributed by atoms with van der Waals surface area (Å²) in [6, 6.07) is 0. The fourth-order valence-electron chi connectivity index (χ4n) is 1.36. The predicted octanol–water partition coefficient (Wildman–Crippen LogP) is 2.08. The lowest BCUT2D eigenvalue weighted by atomic mass is 9.89. The molecule has 0 spiro atoms. The van der Waals surface area contributed by atoms with E-state index in [-0.39, 0.29) is 12.2 Å². The third kappa shape index (κ3) is 2.68. The minimum absolute atomic E-state index is 0.0642. The zero-order chi connectivity index (χ0) is 11.6. The van der Waals surface area contributed by atoms with E-state index in [2.05, 4.69) is 11.7 Å². The third-order valence-corrected chi connectivity index (χ3v) is 2.00. The van der Waals surface area contributed by atoms with Crippen LogP contribution >= 0.6 is 0 Å². The van der Waals surface area contributed by atoms with Crippen molar-refractivity contribution in [3.05, 3.63) is 30.2 Å². The smallest absolute Gasteiger partial charge is 0.384 e. The number of halogens is 3. The fourth-order valence-corrected chi connectivity index (χ4v) is 1.36. The van der Waals surface area contributed by atoms with Crippen molar-refractivity contribution in [2.24, 2.45) is 5.92 Å². The van der Waals surface area contributed by atoms with E-state index >= 15 is 0 Å². The van der Waals surface area contributed by atoms with Crippen molar-refractivity contribution in [1.29, 1.82) is 0 Å². The van der Waals surface area contributed by atoms with Crippen LogP contribution in [0.2, 0.25) is 0 Å². The van der Waals surface area contributed by atoms with Crippen LogP contribution in [0.5, 0.6) is 0 Å². The molecule has 2 nitrogen and oxygen atoms in total. The lowest BCUT2D eigenvalue weighted by Crippen LogP contribution is -2.30. The van der Waals surface area contributed by atoms with E-state index < -0.39 is 23.5 Å². The van der Waals surface area contributed by atoms with Gasteiger partial charge < -0.3 is 4.74 Å². The molecule has 15 heavy (non-hydrogen) atoms. The number of alkyl halides is 3. The van der Waals surface area contributed by atoms with Gasteiger partial charge in [0.2, 0.25) is 0 Å². The van der Waals surface area contributed by atoms with Gasteiger partial charge in [-0.1, -0.05) is 11.6 Å². The summed E-state index contributed by atoms with van der Waals surface area (Å²) in [6.45, 7) is 3.34. The highest BCUT2D eigenvalue weighted by Gasteiger charge is 2.41. The van der Waals surface area contributed by atoms with E-state index in [4.69, 9.17) is 0 Å². The van der Waals surface area contributed by atoms with Crippen molar-refractivity contribution in [2.75, 3.05) is 13.7 Å². The maximum absolute atomic E-state index is 12.4. The number of ketones is 1. The first-order chi connectivity index (χ1) is 6.86. The quantitative estimate of drug-likeness (QED) is 0.710. The van der Waals surface area contributed by atoms with E-state index in [0.717, 1.165) is 6.08 Å². The molecule has 0 aromatic heterocycles. The second-order valence-corrected chi connectivity index (χ2v) is 3.22. The van der Waals surface area contributed by atoms with Gasteiger partial charge >= 0.3 is 6.18 Å². The van der Waals surface area contributed by atoms with E-state index in [0.29, 0.717) is 0 Å². The van der Waals surface area contributed by atoms with Crippen LogP contribution in [-0.4, -0.2) is 25.7 Å². The molecular formula is C10H10F3O2. The van der Waals surface area contributed by atoms with Gasteiger partial charge in [0, 0.05) is 7.11 Å². The molecule has 5 heteroatoms. The van der Waals surface area contributed by atoms with E-state index in [1.165, 1.54) is 13.2 Å². The number of hydrogen-bond donors (Lipinski definition) is 0. The first-order valence-corrected chi connectivity index (χ1v) is 4.22. The molecule has 0 N–H and O–H groups in total.